The van der Waals surface area contributed by atoms with Gasteiger partial charge in [0.25, 0.3) is 5.91 Å². The minimum Gasteiger partial charge on any atom is -0.376 e. The molecule has 3 heterocycles. The van der Waals surface area contributed by atoms with Crippen molar-refractivity contribution in [3.05, 3.63) is 70.9 Å². The molecule has 1 saturated heterocycles. The van der Waals surface area contributed by atoms with E-state index in [0.29, 0.717) is 12.1 Å². The number of benzene rings is 2. The van der Waals surface area contributed by atoms with Crippen LogP contribution in [0, 0.1) is 20.8 Å². The van der Waals surface area contributed by atoms with Crippen LogP contribution in [-0.4, -0.2) is 33.2 Å². The topological polar surface area (TPSA) is 71.9 Å². The van der Waals surface area contributed by atoms with Crippen molar-refractivity contribution < 1.29 is 9.53 Å². The summed E-state index contributed by atoms with van der Waals surface area (Å²) in [4.78, 5) is 21.6. The van der Waals surface area contributed by atoms with Gasteiger partial charge in [0.1, 0.15) is 11.6 Å². The van der Waals surface area contributed by atoms with Gasteiger partial charge in [0.05, 0.1) is 29.2 Å². The number of hydrogen-bond donors (Lipinski definition) is 2. The summed E-state index contributed by atoms with van der Waals surface area (Å²) in [5, 5.41) is 3.22. The molecule has 1 fully saturated rings. The summed E-state index contributed by atoms with van der Waals surface area (Å²) in [6.07, 6.45) is 2.26. The number of aromatic amines is 1. The number of nitrogens with one attached hydrogen (secondary N) is 2. The predicted molar refractivity (Wildman–Crippen MR) is 127 cm³/mol. The van der Waals surface area contributed by atoms with Crippen molar-refractivity contribution >= 4 is 22.8 Å². The van der Waals surface area contributed by atoms with Gasteiger partial charge in [0.15, 0.2) is 0 Å². The number of rotatable bonds is 5. The van der Waals surface area contributed by atoms with Crippen molar-refractivity contribution in [3.8, 4) is 11.4 Å². The van der Waals surface area contributed by atoms with Gasteiger partial charge in [-0.25, -0.2) is 4.98 Å². The summed E-state index contributed by atoms with van der Waals surface area (Å²) in [6, 6.07) is 15.6. The number of anilines is 1. The molecule has 0 bridgehead atoms. The Balaban J connectivity index is 1.63. The van der Waals surface area contributed by atoms with E-state index in [-0.39, 0.29) is 12.0 Å². The summed E-state index contributed by atoms with van der Waals surface area (Å²) in [5.41, 5.74) is 6.63. The lowest BCUT2D eigenvalue weighted by Gasteiger charge is -2.17. The molecule has 32 heavy (non-hydrogen) atoms. The summed E-state index contributed by atoms with van der Waals surface area (Å²) in [7, 11) is 0. The van der Waals surface area contributed by atoms with Crippen molar-refractivity contribution in [2.75, 3.05) is 11.9 Å². The molecule has 1 unspecified atom stereocenters. The number of ether oxygens (including phenoxy) is 1. The van der Waals surface area contributed by atoms with Crippen LogP contribution in [0.25, 0.3) is 22.4 Å². The van der Waals surface area contributed by atoms with E-state index in [2.05, 4.69) is 28.7 Å². The fraction of sp³-hybridized carbons (Fsp3) is 0.308. The van der Waals surface area contributed by atoms with E-state index < -0.39 is 0 Å². The largest absolute Gasteiger partial charge is 0.376 e. The van der Waals surface area contributed by atoms with Crippen LogP contribution in [0.5, 0.6) is 0 Å². The van der Waals surface area contributed by atoms with Crippen molar-refractivity contribution in [2.24, 2.45) is 0 Å². The van der Waals surface area contributed by atoms with Gasteiger partial charge in [-0.05, 0) is 62.9 Å². The van der Waals surface area contributed by atoms with E-state index >= 15 is 0 Å². The SMILES string of the molecule is Cc1ccccc1C(=O)Nc1c(-c2nc3ccccc3[nH]2)c(C)c(C)n1CC1CCCO1. The highest BCUT2D eigenvalue weighted by atomic mass is 16.5. The molecule has 0 saturated carbocycles. The molecule has 6 nitrogen and oxygen atoms in total. The molecule has 2 N–H and O–H groups in total. The van der Waals surface area contributed by atoms with Gasteiger partial charge in [-0.2, -0.15) is 0 Å². The highest BCUT2D eigenvalue weighted by Crippen LogP contribution is 2.37. The number of imidazole rings is 1. The third kappa shape index (κ3) is 3.60. The predicted octanol–water partition coefficient (Wildman–Crippen LogP) is 5.39. The normalized spacial score (nSPS) is 16.0. The zero-order valence-electron chi connectivity index (χ0n) is 18.7. The van der Waals surface area contributed by atoms with E-state index in [9.17, 15) is 4.79 Å². The Morgan fingerprint density at radius 2 is 1.94 bits per heavy atom. The van der Waals surface area contributed by atoms with Crippen LogP contribution in [0.4, 0.5) is 5.82 Å². The lowest BCUT2D eigenvalue weighted by molar-refractivity contribution is 0.0962. The van der Waals surface area contributed by atoms with Gasteiger partial charge < -0.3 is 19.6 Å². The molecule has 164 valence electrons. The lowest BCUT2D eigenvalue weighted by atomic mass is 10.1. The van der Waals surface area contributed by atoms with Crippen LogP contribution >= 0.6 is 0 Å². The average molecular weight is 429 g/mol. The molecule has 4 aromatic rings. The van der Waals surface area contributed by atoms with Crippen LogP contribution in [0.15, 0.2) is 48.5 Å². The summed E-state index contributed by atoms with van der Waals surface area (Å²) < 4.78 is 8.11. The first-order valence-corrected chi connectivity index (χ1v) is 11.2. The van der Waals surface area contributed by atoms with Crippen molar-refractivity contribution in [2.45, 2.75) is 46.3 Å². The lowest BCUT2D eigenvalue weighted by Crippen LogP contribution is -2.21. The summed E-state index contributed by atoms with van der Waals surface area (Å²) in [5.74, 6) is 1.41. The van der Waals surface area contributed by atoms with Gasteiger partial charge in [-0.3, -0.25) is 4.79 Å². The molecule has 6 heteroatoms. The Kier molecular flexibility index (Phi) is 5.31. The number of aryl methyl sites for hydroxylation is 1. The first-order valence-electron chi connectivity index (χ1n) is 11.2. The zero-order valence-corrected chi connectivity index (χ0v) is 18.7. The fourth-order valence-electron chi connectivity index (χ4n) is 4.58. The monoisotopic (exact) mass is 428 g/mol. The van der Waals surface area contributed by atoms with Crippen LogP contribution in [0.3, 0.4) is 0 Å². The van der Waals surface area contributed by atoms with Crippen LogP contribution in [0.1, 0.15) is 40.0 Å². The average Bonchev–Trinajstić information content (AvgIpc) is 3.50. The van der Waals surface area contributed by atoms with Gasteiger partial charge in [0, 0.05) is 17.9 Å². The molecule has 1 amide bonds. The smallest absolute Gasteiger partial charge is 0.257 e. The molecule has 0 aliphatic carbocycles. The number of amides is 1. The van der Waals surface area contributed by atoms with Crippen molar-refractivity contribution in [3.63, 3.8) is 0 Å². The van der Waals surface area contributed by atoms with Crippen LogP contribution < -0.4 is 5.32 Å². The quantitative estimate of drug-likeness (QED) is 0.448. The first-order chi connectivity index (χ1) is 15.5. The summed E-state index contributed by atoms with van der Waals surface area (Å²) in [6.45, 7) is 7.64. The molecular formula is C26H28N4O2. The number of nitrogens with zero attached hydrogens (tertiary/aromatic N) is 2. The second-order valence-electron chi connectivity index (χ2n) is 8.55. The number of carbonyl (C=O) groups is 1. The third-order valence-electron chi connectivity index (χ3n) is 6.49. The maximum atomic E-state index is 13.3. The van der Waals surface area contributed by atoms with Crippen LogP contribution in [-0.2, 0) is 11.3 Å². The molecule has 1 atom stereocenters. The van der Waals surface area contributed by atoms with Gasteiger partial charge in [-0.1, -0.05) is 30.3 Å². The van der Waals surface area contributed by atoms with E-state index in [0.717, 1.165) is 64.5 Å². The molecule has 0 radical (unpaired) electrons. The van der Waals surface area contributed by atoms with Gasteiger partial charge in [-0.15, -0.1) is 0 Å². The zero-order chi connectivity index (χ0) is 22.2. The number of para-hydroxylation sites is 2. The number of carbonyl (C=O) groups excluding carboxylic acids is 1. The van der Waals surface area contributed by atoms with Gasteiger partial charge in [0.2, 0.25) is 0 Å². The maximum Gasteiger partial charge on any atom is 0.257 e. The Bertz CT molecular complexity index is 1260. The minimum absolute atomic E-state index is 0.119. The fourth-order valence-corrected chi connectivity index (χ4v) is 4.58. The minimum atomic E-state index is -0.119. The second kappa shape index (κ2) is 8.28. The molecular weight excluding hydrogens is 400 g/mol. The molecule has 0 spiro atoms. The van der Waals surface area contributed by atoms with E-state index in [4.69, 9.17) is 9.72 Å². The second-order valence-corrected chi connectivity index (χ2v) is 8.55. The van der Waals surface area contributed by atoms with Crippen LogP contribution in [0.2, 0.25) is 0 Å². The van der Waals surface area contributed by atoms with Gasteiger partial charge >= 0.3 is 0 Å². The number of aromatic nitrogens is 3. The molecule has 5 rings (SSSR count). The van der Waals surface area contributed by atoms with Crippen molar-refractivity contribution in [1.82, 2.24) is 14.5 Å². The van der Waals surface area contributed by atoms with Crippen molar-refractivity contribution in [1.29, 1.82) is 0 Å². The van der Waals surface area contributed by atoms with E-state index in [1.807, 2.05) is 55.5 Å². The maximum absolute atomic E-state index is 13.3. The van der Waals surface area contributed by atoms with E-state index in [1.165, 1.54) is 0 Å². The van der Waals surface area contributed by atoms with E-state index in [1.54, 1.807) is 0 Å². The molecule has 1 aliphatic rings. The Morgan fingerprint density at radius 3 is 2.69 bits per heavy atom. The summed E-state index contributed by atoms with van der Waals surface area (Å²) >= 11 is 0. The Labute approximate surface area is 187 Å². The highest BCUT2D eigenvalue weighted by Gasteiger charge is 2.26. The Hall–Kier alpha value is -3.38. The molecule has 2 aromatic carbocycles. The standard InChI is InChI=1S/C26H28N4O2/c1-16-9-4-5-11-20(16)26(31)29-25-23(24-27-21-12-6-7-13-22(21)28-24)17(2)18(3)30(25)15-19-10-8-14-32-19/h4-7,9,11-13,19H,8,10,14-15H2,1-3H3,(H,27,28)(H,29,31). The highest BCUT2D eigenvalue weighted by molar-refractivity contribution is 6.07. The number of H-pyrrole nitrogens is 1. The number of fused-ring (bicyclic) bond motifs is 1. The first kappa shape index (κ1) is 20.5. The number of hydrogen-bond acceptors (Lipinski definition) is 3. The molecule has 1 aliphatic heterocycles. The third-order valence-corrected chi connectivity index (χ3v) is 6.49. The molecule has 2 aromatic heterocycles. The Morgan fingerprint density at radius 1 is 1.16 bits per heavy atom.